The summed E-state index contributed by atoms with van der Waals surface area (Å²) in [5.41, 5.74) is -0.896. The van der Waals surface area contributed by atoms with Gasteiger partial charge in [0.25, 0.3) is 0 Å². The van der Waals surface area contributed by atoms with Crippen molar-refractivity contribution < 1.29 is 22.7 Å². The fourth-order valence-corrected chi connectivity index (χ4v) is 1.78. The number of rotatable bonds is 4. The van der Waals surface area contributed by atoms with Crippen LogP contribution in [0.15, 0.2) is 16.7 Å². The largest absolute Gasteiger partial charge is 0.468 e. The van der Waals surface area contributed by atoms with Gasteiger partial charge in [-0.1, -0.05) is 0 Å². The van der Waals surface area contributed by atoms with E-state index in [1.165, 1.54) is 18.2 Å². The number of alkyl halides is 3. The lowest BCUT2D eigenvalue weighted by Crippen LogP contribution is -2.32. The van der Waals surface area contributed by atoms with Gasteiger partial charge in [0.1, 0.15) is 12.4 Å². The van der Waals surface area contributed by atoms with Gasteiger partial charge in [-0.05, 0) is 28.9 Å². The molecule has 106 valence electrons. The number of pyridine rings is 1. The molecule has 0 aliphatic rings. The Bertz CT molecular complexity index is 466. The maximum atomic E-state index is 12.9. The van der Waals surface area contributed by atoms with E-state index in [1.54, 1.807) is 6.92 Å². The van der Waals surface area contributed by atoms with Crippen LogP contribution in [0.5, 0.6) is 0 Å². The summed E-state index contributed by atoms with van der Waals surface area (Å²) in [6, 6.07) is 0.933. The number of methoxy groups -OCH3 is 1. The molecule has 0 unspecified atom stereocenters. The summed E-state index contributed by atoms with van der Waals surface area (Å²) in [7, 11) is 1.18. The summed E-state index contributed by atoms with van der Waals surface area (Å²) in [5.74, 6) is -0.914. The highest BCUT2D eigenvalue weighted by Gasteiger charge is 2.36. The first-order chi connectivity index (χ1) is 8.79. The van der Waals surface area contributed by atoms with Crippen molar-refractivity contribution in [2.24, 2.45) is 0 Å². The first kappa shape index (κ1) is 15.7. The minimum atomic E-state index is -4.55. The van der Waals surface area contributed by atoms with Crippen LogP contribution in [0.4, 0.5) is 19.0 Å². The number of halogens is 4. The molecule has 0 fully saturated rings. The summed E-state index contributed by atoms with van der Waals surface area (Å²) >= 11 is 2.95. The summed E-state index contributed by atoms with van der Waals surface area (Å²) < 4.78 is 43.5. The first-order valence-electron chi connectivity index (χ1n) is 5.34. The molecular weight excluding hydrogens is 329 g/mol. The molecule has 8 heteroatoms. The van der Waals surface area contributed by atoms with E-state index in [0.717, 1.165) is 6.07 Å². The van der Waals surface area contributed by atoms with E-state index in [0.29, 0.717) is 0 Å². The molecule has 0 aromatic carbocycles. The second-order valence-electron chi connectivity index (χ2n) is 3.61. The third kappa shape index (κ3) is 4.09. The zero-order valence-electron chi connectivity index (χ0n) is 10.3. The third-order valence-corrected chi connectivity index (χ3v) is 2.80. The van der Waals surface area contributed by atoms with Gasteiger partial charge >= 0.3 is 12.1 Å². The molecule has 0 bridgehead atoms. The van der Waals surface area contributed by atoms with Crippen molar-refractivity contribution in [2.75, 3.05) is 25.1 Å². The van der Waals surface area contributed by atoms with Crippen molar-refractivity contribution in [3.63, 3.8) is 0 Å². The van der Waals surface area contributed by atoms with Crippen molar-refractivity contribution in [3.8, 4) is 0 Å². The Morgan fingerprint density at radius 1 is 1.53 bits per heavy atom. The van der Waals surface area contributed by atoms with Gasteiger partial charge in [0, 0.05) is 17.2 Å². The number of aromatic nitrogens is 1. The van der Waals surface area contributed by atoms with Gasteiger partial charge in [-0.3, -0.25) is 4.79 Å². The quantitative estimate of drug-likeness (QED) is 0.790. The maximum absolute atomic E-state index is 12.9. The highest BCUT2D eigenvalue weighted by Crippen LogP contribution is 2.36. The van der Waals surface area contributed by atoms with Gasteiger partial charge in [-0.15, -0.1) is 0 Å². The number of nitrogens with zero attached hydrogens (tertiary/aromatic N) is 2. The maximum Gasteiger partial charge on any atom is 0.419 e. The topological polar surface area (TPSA) is 42.4 Å². The van der Waals surface area contributed by atoms with Gasteiger partial charge in [-0.25, -0.2) is 4.98 Å². The van der Waals surface area contributed by atoms with Gasteiger partial charge in [0.05, 0.1) is 12.7 Å². The van der Waals surface area contributed by atoms with Crippen LogP contribution in [0.2, 0.25) is 0 Å². The van der Waals surface area contributed by atoms with E-state index in [9.17, 15) is 18.0 Å². The molecule has 4 nitrogen and oxygen atoms in total. The van der Waals surface area contributed by atoms with E-state index >= 15 is 0 Å². The molecule has 1 rings (SSSR count). The van der Waals surface area contributed by atoms with Crippen molar-refractivity contribution >= 4 is 27.7 Å². The predicted octanol–water partition coefficient (Wildman–Crippen LogP) is 2.86. The van der Waals surface area contributed by atoms with Gasteiger partial charge in [0.15, 0.2) is 0 Å². The smallest absolute Gasteiger partial charge is 0.419 e. The van der Waals surface area contributed by atoms with E-state index in [1.807, 2.05) is 0 Å². The zero-order chi connectivity index (χ0) is 14.6. The Hall–Kier alpha value is -1.31. The number of hydrogen-bond acceptors (Lipinski definition) is 4. The highest BCUT2D eigenvalue weighted by molar-refractivity contribution is 9.10. The molecule has 0 aliphatic carbocycles. The normalized spacial score (nSPS) is 11.3. The van der Waals surface area contributed by atoms with Gasteiger partial charge in [0.2, 0.25) is 0 Å². The molecule has 19 heavy (non-hydrogen) atoms. The van der Waals surface area contributed by atoms with Crippen molar-refractivity contribution in [3.05, 3.63) is 22.3 Å². The Morgan fingerprint density at radius 2 is 2.16 bits per heavy atom. The number of hydrogen-bond donors (Lipinski definition) is 0. The molecule has 0 amide bonds. The van der Waals surface area contributed by atoms with Crippen LogP contribution in [0, 0.1) is 0 Å². The lowest BCUT2D eigenvalue weighted by atomic mass is 10.2. The fourth-order valence-electron chi connectivity index (χ4n) is 1.45. The van der Waals surface area contributed by atoms with Crippen LogP contribution >= 0.6 is 15.9 Å². The van der Waals surface area contributed by atoms with Crippen molar-refractivity contribution in [2.45, 2.75) is 13.1 Å². The monoisotopic (exact) mass is 340 g/mol. The second-order valence-corrected chi connectivity index (χ2v) is 4.53. The average molecular weight is 341 g/mol. The predicted molar refractivity (Wildman–Crippen MR) is 66.8 cm³/mol. The molecule has 1 aromatic heterocycles. The molecule has 0 aliphatic heterocycles. The number of likely N-dealkylation sites (N-methyl/N-ethyl adjacent to an activating group) is 1. The van der Waals surface area contributed by atoms with Crippen LogP contribution in [-0.2, 0) is 15.7 Å². The fraction of sp³-hybridized carbons (Fsp3) is 0.455. The van der Waals surface area contributed by atoms with Gasteiger partial charge in [-0.2, -0.15) is 13.2 Å². The molecular formula is C11H12BrF3N2O2. The summed E-state index contributed by atoms with van der Waals surface area (Å²) in [6.07, 6.45) is -3.29. The van der Waals surface area contributed by atoms with Crippen LogP contribution in [0.1, 0.15) is 12.5 Å². The standard InChI is InChI=1S/C11H12BrF3N2O2/c1-3-17(6-9(18)19-2)10-8(11(13,14)15)4-7(12)5-16-10/h4-5H,3,6H2,1-2H3. The summed E-state index contributed by atoms with van der Waals surface area (Å²) in [4.78, 5) is 16.2. The van der Waals surface area contributed by atoms with E-state index in [2.05, 4.69) is 25.7 Å². The lowest BCUT2D eigenvalue weighted by molar-refractivity contribution is -0.140. The first-order valence-corrected chi connectivity index (χ1v) is 6.13. The van der Waals surface area contributed by atoms with E-state index in [4.69, 9.17) is 0 Å². The SMILES string of the molecule is CCN(CC(=O)OC)c1ncc(Br)cc1C(F)(F)F. The number of ether oxygens (including phenoxy) is 1. The number of anilines is 1. The van der Waals surface area contributed by atoms with E-state index in [-0.39, 0.29) is 23.4 Å². The molecule has 1 heterocycles. The summed E-state index contributed by atoms with van der Waals surface area (Å²) in [5, 5.41) is 0. The molecule has 0 radical (unpaired) electrons. The third-order valence-electron chi connectivity index (χ3n) is 2.37. The highest BCUT2D eigenvalue weighted by atomic mass is 79.9. The minimum Gasteiger partial charge on any atom is -0.468 e. The van der Waals surface area contributed by atoms with Gasteiger partial charge < -0.3 is 9.64 Å². The van der Waals surface area contributed by atoms with E-state index < -0.39 is 17.7 Å². The molecule has 0 spiro atoms. The molecule has 0 saturated heterocycles. The molecule has 1 aromatic rings. The van der Waals surface area contributed by atoms with Crippen LogP contribution in [0.3, 0.4) is 0 Å². The van der Waals surface area contributed by atoms with Crippen LogP contribution in [-0.4, -0.2) is 31.2 Å². The van der Waals surface area contributed by atoms with Crippen LogP contribution in [0.25, 0.3) is 0 Å². The number of esters is 1. The summed E-state index contributed by atoms with van der Waals surface area (Å²) in [6.45, 7) is 1.55. The molecule has 0 atom stereocenters. The Balaban J connectivity index is 3.20. The molecule has 0 saturated carbocycles. The number of carbonyl (C=O) groups is 1. The Morgan fingerprint density at radius 3 is 2.63 bits per heavy atom. The molecule has 0 N–H and O–H groups in total. The average Bonchev–Trinajstić information content (AvgIpc) is 2.34. The Labute approximate surface area is 116 Å². The zero-order valence-corrected chi connectivity index (χ0v) is 11.9. The lowest BCUT2D eigenvalue weighted by Gasteiger charge is -2.24. The van der Waals surface area contributed by atoms with Crippen LogP contribution < -0.4 is 4.90 Å². The van der Waals surface area contributed by atoms with Crippen molar-refractivity contribution in [1.29, 1.82) is 0 Å². The number of carbonyl (C=O) groups excluding carboxylic acids is 1. The second kappa shape index (κ2) is 6.23. The minimum absolute atomic E-state index is 0.201. The van der Waals surface area contributed by atoms with Crippen molar-refractivity contribution in [1.82, 2.24) is 4.98 Å². The Kier molecular flexibility index (Phi) is 5.16.